The Balaban J connectivity index is 2.04. The minimum Gasteiger partial charge on any atom is -0.330 e. The highest BCUT2D eigenvalue weighted by molar-refractivity contribution is 5.96. The van der Waals surface area contributed by atoms with Crippen LogP contribution in [-0.4, -0.2) is 43.7 Å². The van der Waals surface area contributed by atoms with Crippen LogP contribution < -0.4 is 10.2 Å². The maximum atomic E-state index is 12.6. The van der Waals surface area contributed by atoms with Gasteiger partial charge in [-0.1, -0.05) is 18.2 Å². The molecule has 1 unspecified atom stereocenters. The van der Waals surface area contributed by atoms with E-state index in [2.05, 4.69) is 23.5 Å². The highest BCUT2D eigenvalue weighted by atomic mass is 16.2. The lowest BCUT2D eigenvalue weighted by molar-refractivity contribution is 0.209. The Bertz CT molecular complexity index is 492. The third-order valence-corrected chi connectivity index (χ3v) is 4.25. The van der Waals surface area contributed by atoms with E-state index in [-0.39, 0.29) is 11.6 Å². The van der Waals surface area contributed by atoms with Crippen molar-refractivity contribution < 1.29 is 4.79 Å². The maximum Gasteiger partial charge on any atom is 0.324 e. The van der Waals surface area contributed by atoms with Gasteiger partial charge in [-0.05, 0) is 37.4 Å². The Morgan fingerprint density at radius 2 is 2.16 bits per heavy atom. The van der Waals surface area contributed by atoms with Crippen molar-refractivity contribution in [3.8, 4) is 0 Å². The second-order valence-corrected chi connectivity index (χ2v) is 5.82. The quantitative estimate of drug-likeness (QED) is 0.772. The first-order chi connectivity index (χ1) is 9.14. The topological polar surface area (TPSA) is 35.6 Å². The van der Waals surface area contributed by atoms with E-state index in [1.165, 1.54) is 5.56 Å². The molecule has 4 nitrogen and oxygen atoms in total. The number of nitrogens with zero attached hydrogens (tertiary/aromatic N) is 2. The Kier molecular flexibility index (Phi) is 2.97. The van der Waals surface area contributed by atoms with Crippen LogP contribution in [0, 0.1) is 0 Å². The number of rotatable bonds is 0. The number of carbonyl (C=O) groups is 1. The van der Waals surface area contributed by atoms with Crippen molar-refractivity contribution in [2.45, 2.75) is 24.8 Å². The smallest absolute Gasteiger partial charge is 0.324 e. The molecule has 0 bridgehead atoms. The van der Waals surface area contributed by atoms with Gasteiger partial charge in [-0.15, -0.1) is 0 Å². The molecule has 102 valence electrons. The molecule has 2 amide bonds. The van der Waals surface area contributed by atoms with Gasteiger partial charge in [0.2, 0.25) is 0 Å². The first kappa shape index (κ1) is 12.5. The molecule has 1 spiro atoms. The lowest BCUT2D eigenvalue weighted by Crippen LogP contribution is -2.60. The highest BCUT2D eigenvalue weighted by Gasteiger charge is 2.47. The summed E-state index contributed by atoms with van der Waals surface area (Å²) in [5.41, 5.74) is 2.31. The summed E-state index contributed by atoms with van der Waals surface area (Å²) in [6, 6.07) is 8.39. The zero-order chi connectivity index (χ0) is 13.5. The summed E-state index contributed by atoms with van der Waals surface area (Å²) in [5, 5.41) is 3.46. The summed E-state index contributed by atoms with van der Waals surface area (Å²) >= 11 is 0. The van der Waals surface area contributed by atoms with Crippen LogP contribution in [0.25, 0.3) is 0 Å². The summed E-state index contributed by atoms with van der Waals surface area (Å²) in [7, 11) is 3.65. The minimum absolute atomic E-state index is 0.0662. The third-order valence-electron chi connectivity index (χ3n) is 4.25. The Labute approximate surface area is 114 Å². The van der Waals surface area contributed by atoms with E-state index in [1.54, 1.807) is 4.90 Å². The van der Waals surface area contributed by atoms with Gasteiger partial charge in [0.1, 0.15) is 0 Å². The summed E-state index contributed by atoms with van der Waals surface area (Å²) in [4.78, 5) is 16.3. The molecular formula is C15H21N3O. The SMILES string of the molecule is CN(C)C(=O)N1c2ccccc2CC12CCCNC2. The number of carbonyl (C=O) groups excluding carboxylic acids is 1. The molecular weight excluding hydrogens is 238 g/mol. The first-order valence-electron chi connectivity index (χ1n) is 6.94. The van der Waals surface area contributed by atoms with Crippen LogP contribution in [0.4, 0.5) is 10.5 Å². The molecule has 1 aromatic carbocycles. The second kappa shape index (κ2) is 4.53. The van der Waals surface area contributed by atoms with Gasteiger partial charge in [0.15, 0.2) is 0 Å². The largest absolute Gasteiger partial charge is 0.330 e. The van der Waals surface area contributed by atoms with Crippen molar-refractivity contribution in [3.63, 3.8) is 0 Å². The van der Waals surface area contributed by atoms with Gasteiger partial charge >= 0.3 is 6.03 Å². The molecule has 2 aliphatic rings. The number of amides is 2. The van der Waals surface area contributed by atoms with Gasteiger partial charge in [-0.3, -0.25) is 4.90 Å². The molecule has 0 aromatic heterocycles. The van der Waals surface area contributed by atoms with E-state index in [1.807, 2.05) is 25.1 Å². The summed E-state index contributed by atoms with van der Waals surface area (Å²) in [6.45, 7) is 1.95. The van der Waals surface area contributed by atoms with Gasteiger partial charge in [-0.2, -0.15) is 0 Å². The van der Waals surface area contributed by atoms with E-state index in [0.717, 1.165) is 38.0 Å². The fourth-order valence-electron chi connectivity index (χ4n) is 3.37. The van der Waals surface area contributed by atoms with Crippen LogP contribution >= 0.6 is 0 Å². The standard InChI is InChI=1S/C15H21N3O/c1-17(2)14(19)18-13-7-4-3-6-12(13)10-15(18)8-5-9-16-11-15/h3-4,6-7,16H,5,8-11H2,1-2H3. The van der Waals surface area contributed by atoms with E-state index >= 15 is 0 Å². The van der Waals surface area contributed by atoms with Crippen LogP contribution in [0.5, 0.6) is 0 Å². The fraction of sp³-hybridized carbons (Fsp3) is 0.533. The van der Waals surface area contributed by atoms with E-state index in [4.69, 9.17) is 0 Å². The minimum atomic E-state index is -0.0662. The monoisotopic (exact) mass is 259 g/mol. The van der Waals surface area contributed by atoms with Gasteiger partial charge in [-0.25, -0.2) is 4.79 Å². The second-order valence-electron chi connectivity index (χ2n) is 5.82. The number of para-hydroxylation sites is 1. The van der Waals surface area contributed by atoms with Gasteiger partial charge in [0, 0.05) is 26.3 Å². The predicted molar refractivity (Wildman–Crippen MR) is 76.5 cm³/mol. The molecule has 3 rings (SSSR count). The molecule has 1 aromatic rings. The summed E-state index contributed by atoms with van der Waals surface area (Å²) < 4.78 is 0. The van der Waals surface area contributed by atoms with Gasteiger partial charge in [0.05, 0.1) is 5.54 Å². The van der Waals surface area contributed by atoms with E-state index in [9.17, 15) is 4.79 Å². The number of piperidine rings is 1. The van der Waals surface area contributed by atoms with Crippen molar-refractivity contribution in [3.05, 3.63) is 29.8 Å². The summed E-state index contributed by atoms with van der Waals surface area (Å²) in [6.07, 6.45) is 3.18. The first-order valence-corrected chi connectivity index (χ1v) is 6.94. The fourth-order valence-corrected chi connectivity index (χ4v) is 3.37. The average molecular weight is 259 g/mol. The maximum absolute atomic E-state index is 12.6. The van der Waals surface area contributed by atoms with Crippen molar-refractivity contribution in [2.24, 2.45) is 0 Å². The van der Waals surface area contributed by atoms with Crippen LogP contribution in [-0.2, 0) is 6.42 Å². The molecule has 0 aliphatic carbocycles. The number of hydrogen-bond acceptors (Lipinski definition) is 2. The highest BCUT2D eigenvalue weighted by Crippen LogP contribution is 2.42. The molecule has 4 heteroatoms. The Morgan fingerprint density at radius 1 is 1.37 bits per heavy atom. The number of hydrogen-bond donors (Lipinski definition) is 1. The van der Waals surface area contributed by atoms with Crippen LogP contribution in [0.1, 0.15) is 18.4 Å². The number of urea groups is 1. The molecule has 19 heavy (non-hydrogen) atoms. The number of anilines is 1. The van der Waals surface area contributed by atoms with Gasteiger partial charge in [0.25, 0.3) is 0 Å². The zero-order valence-electron chi connectivity index (χ0n) is 11.6. The number of benzene rings is 1. The lowest BCUT2D eigenvalue weighted by atomic mass is 9.86. The number of nitrogens with one attached hydrogen (secondary N) is 1. The van der Waals surface area contributed by atoms with E-state index < -0.39 is 0 Å². The van der Waals surface area contributed by atoms with Crippen LogP contribution in [0.15, 0.2) is 24.3 Å². The van der Waals surface area contributed by atoms with Crippen molar-refractivity contribution in [1.29, 1.82) is 0 Å². The Morgan fingerprint density at radius 3 is 2.84 bits per heavy atom. The third kappa shape index (κ3) is 1.91. The molecule has 1 atom stereocenters. The molecule has 2 heterocycles. The van der Waals surface area contributed by atoms with Crippen molar-refractivity contribution in [2.75, 3.05) is 32.1 Å². The predicted octanol–water partition coefficient (Wildman–Crippen LogP) is 1.85. The van der Waals surface area contributed by atoms with Crippen molar-refractivity contribution in [1.82, 2.24) is 10.2 Å². The van der Waals surface area contributed by atoms with Crippen LogP contribution in [0.2, 0.25) is 0 Å². The Hall–Kier alpha value is -1.55. The molecule has 0 saturated carbocycles. The van der Waals surface area contributed by atoms with Crippen LogP contribution in [0.3, 0.4) is 0 Å². The average Bonchev–Trinajstić information content (AvgIpc) is 2.71. The van der Waals surface area contributed by atoms with E-state index in [0.29, 0.717) is 0 Å². The summed E-state index contributed by atoms with van der Waals surface area (Å²) in [5.74, 6) is 0. The van der Waals surface area contributed by atoms with Gasteiger partial charge < -0.3 is 10.2 Å². The molecule has 1 fully saturated rings. The molecule has 1 saturated heterocycles. The molecule has 0 radical (unpaired) electrons. The van der Waals surface area contributed by atoms with Crippen molar-refractivity contribution >= 4 is 11.7 Å². The normalized spacial score (nSPS) is 25.5. The number of fused-ring (bicyclic) bond motifs is 1. The molecule has 1 N–H and O–H groups in total. The zero-order valence-corrected chi connectivity index (χ0v) is 11.6. The lowest BCUT2D eigenvalue weighted by Gasteiger charge is -2.42. The molecule has 2 aliphatic heterocycles.